The summed E-state index contributed by atoms with van der Waals surface area (Å²) in [5.74, 6) is 0.210. The van der Waals surface area contributed by atoms with Gasteiger partial charge >= 0.3 is 0 Å². The summed E-state index contributed by atoms with van der Waals surface area (Å²) >= 11 is 12.4. The zero-order valence-corrected chi connectivity index (χ0v) is 15.4. The van der Waals surface area contributed by atoms with E-state index >= 15 is 0 Å². The van der Waals surface area contributed by atoms with E-state index in [-0.39, 0.29) is 5.91 Å². The second-order valence-electron chi connectivity index (χ2n) is 5.64. The Morgan fingerprint density at radius 1 is 1.12 bits per heavy atom. The SMILES string of the molecule is CCCCOc1c(Cl)cc(C(=O)NCc2ccc(C)cc2)cc1Cl. The lowest BCUT2D eigenvalue weighted by atomic mass is 10.1. The number of ether oxygens (including phenoxy) is 1. The van der Waals surface area contributed by atoms with Crippen molar-refractivity contribution < 1.29 is 9.53 Å². The third kappa shape index (κ3) is 5.15. The van der Waals surface area contributed by atoms with Gasteiger partial charge in [-0.15, -0.1) is 0 Å². The van der Waals surface area contributed by atoms with Crippen LogP contribution in [0.1, 0.15) is 41.3 Å². The second-order valence-corrected chi connectivity index (χ2v) is 6.45. The molecule has 24 heavy (non-hydrogen) atoms. The maximum absolute atomic E-state index is 12.3. The summed E-state index contributed by atoms with van der Waals surface area (Å²) in [5.41, 5.74) is 2.63. The lowest BCUT2D eigenvalue weighted by Gasteiger charge is -2.12. The molecule has 0 atom stereocenters. The number of carbonyl (C=O) groups is 1. The van der Waals surface area contributed by atoms with E-state index in [0.29, 0.717) is 34.5 Å². The molecule has 3 nitrogen and oxygen atoms in total. The summed E-state index contributed by atoms with van der Waals surface area (Å²) in [6, 6.07) is 11.2. The van der Waals surface area contributed by atoms with Gasteiger partial charge in [0, 0.05) is 12.1 Å². The van der Waals surface area contributed by atoms with Gasteiger partial charge in [-0.2, -0.15) is 0 Å². The first-order valence-corrected chi connectivity index (χ1v) is 8.72. The van der Waals surface area contributed by atoms with Gasteiger partial charge in [0.15, 0.2) is 5.75 Å². The number of hydrogen-bond acceptors (Lipinski definition) is 2. The summed E-state index contributed by atoms with van der Waals surface area (Å²) in [5, 5.41) is 3.56. The van der Waals surface area contributed by atoms with Crippen LogP contribution in [0.4, 0.5) is 0 Å². The lowest BCUT2D eigenvalue weighted by Crippen LogP contribution is -2.22. The van der Waals surface area contributed by atoms with Gasteiger partial charge in [-0.1, -0.05) is 66.4 Å². The van der Waals surface area contributed by atoms with Crippen molar-refractivity contribution in [1.82, 2.24) is 5.32 Å². The predicted molar refractivity (Wildman–Crippen MR) is 99.2 cm³/mol. The molecule has 2 rings (SSSR count). The highest BCUT2D eigenvalue weighted by molar-refractivity contribution is 6.37. The fraction of sp³-hybridized carbons (Fsp3) is 0.316. The summed E-state index contributed by atoms with van der Waals surface area (Å²) < 4.78 is 5.59. The molecule has 2 aromatic rings. The van der Waals surface area contributed by atoms with E-state index in [9.17, 15) is 4.79 Å². The minimum Gasteiger partial charge on any atom is -0.490 e. The van der Waals surface area contributed by atoms with Gasteiger partial charge in [0.25, 0.3) is 5.91 Å². The topological polar surface area (TPSA) is 38.3 Å². The Hall–Kier alpha value is -1.71. The van der Waals surface area contributed by atoms with Gasteiger partial charge in [-0.25, -0.2) is 0 Å². The molecule has 0 unspecified atom stereocenters. The number of rotatable bonds is 7. The number of unbranched alkanes of at least 4 members (excludes halogenated alkanes) is 1. The molecular formula is C19H21Cl2NO2. The quantitative estimate of drug-likeness (QED) is 0.666. The Labute approximate surface area is 152 Å². The number of hydrogen-bond donors (Lipinski definition) is 1. The zero-order valence-electron chi connectivity index (χ0n) is 13.9. The van der Waals surface area contributed by atoms with Crippen molar-refractivity contribution in [3.05, 3.63) is 63.1 Å². The standard InChI is InChI=1S/C19H21Cl2NO2/c1-3-4-9-24-18-16(20)10-15(11-17(18)21)19(23)22-12-14-7-5-13(2)6-8-14/h5-8,10-11H,3-4,9,12H2,1-2H3,(H,22,23). The van der Waals surface area contributed by atoms with Crippen molar-refractivity contribution in [2.45, 2.75) is 33.2 Å². The highest BCUT2D eigenvalue weighted by Crippen LogP contribution is 2.34. The zero-order chi connectivity index (χ0) is 17.5. The molecule has 1 N–H and O–H groups in total. The van der Waals surface area contributed by atoms with E-state index in [1.54, 1.807) is 12.1 Å². The molecule has 0 aliphatic rings. The number of amides is 1. The summed E-state index contributed by atoms with van der Waals surface area (Å²) in [7, 11) is 0. The van der Waals surface area contributed by atoms with E-state index in [4.69, 9.17) is 27.9 Å². The van der Waals surface area contributed by atoms with Crippen LogP contribution in [0.25, 0.3) is 0 Å². The van der Waals surface area contributed by atoms with Crippen molar-refractivity contribution in [2.75, 3.05) is 6.61 Å². The first-order valence-electron chi connectivity index (χ1n) is 7.97. The van der Waals surface area contributed by atoms with Crippen molar-refractivity contribution in [1.29, 1.82) is 0 Å². The molecule has 0 aromatic heterocycles. The van der Waals surface area contributed by atoms with Crippen LogP contribution in [0.5, 0.6) is 5.75 Å². The summed E-state index contributed by atoms with van der Waals surface area (Å²) in [4.78, 5) is 12.3. The van der Waals surface area contributed by atoms with E-state index in [2.05, 4.69) is 12.2 Å². The molecule has 128 valence electrons. The number of halogens is 2. The molecule has 5 heteroatoms. The van der Waals surface area contributed by atoms with E-state index in [1.807, 2.05) is 31.2 Å². The van der Waals surface area contributed by atoms with Gasteiger partial charge in [0.1, 0.15) is 0 Å². The van der Waals surface area contributed by atoms with Crippen molar-refractivity contribution in [3.8, 4) is 5.75 Å². The summed E-state index contributed by atoms with van der Waals surface area (Å²) in [6.45, 7) is 5.10. The first kappa shape index (κ1) is 18.6. The maximum Gasteiger partial charge on any atom is 0.251 e. The molecule has 0 saturated carbocycles. The molecule has 0 bridgehead atoms. The van der Waals surface area contributed by atoms with Crippen molar-refractivity contribution >= 4 is 29.1 Å². The fourth-order valence-corrected chi connectivity index (χ4v) is 2.73. The molecule has 1 amide bonds. The minimum absolute atomic E-state index is 0.223. The number of nitrogens with one attached hydrogen (secondary N) is 1. The monoisotopic (exact) mass is 365 g/mol. The Morgan fingerprint density at radius 2 is 1.75 bits per heavy atom. The van der Waals surface area contributed by atoms with Gasteiger partial charge < -0.3 is 10.1 Å². The van der Waals surface area contributed by atoms with E-state index < -0.39 is 0 Å². The Morgan fingerprint density at radius 3 is 2.33 bits per heavy atom. The third-order valence-corrected chi connectivity index (χ3v) is 4.14. The largest absolute Gasteiger partial charge is 0.490 e. The first-order chi connectivity index (χ1) is 11.5. The molecule has 0 saturated heterocycles. The van der Waals surface area contributed by atoms with Crippen LogP contribution >= 0.6 is 23.2 Å². The molecule has 0 radical (unpaired) electrons. The lowest BCUT2D eigenvalue weighted by molar-refractivity contribution is 0.0951. The number of carbonyl (C=O) groups excluding carboxylic acids is 1. The second kappa shape index (κ2) is 8.95. The van der Waals surface area contributed by atoms with Crippen molar-refractivity contribution in [2.24, 2.45) is 0 Å². The number of aryl methyl sites for hydroxylation is 1. The number of benzene rings is 2. The fourth-order valence-electron chi connectivity index (χ4n) is 2.14. The predicted octanol–water partition coefficient (Wildman–Crippen LogP) is 5.41. The van der Waals surface area contributed by atoms with Crippen LogP contribution in [-0.4, -0.2) is 12.5 Å². The smallest absolute Gasteiger partial charge is 0.251 e. The van der Waals surface area contributed by atoms with Crippen LogP contribution in [0, 0.1) is 6.92 Å². The van der Waals surface area contributed by atoms with Crippen LogP contribution in [-0.2, 0) is 6.54 Å². The van der Waals surface area contributed by atoms with Crippen LogP contribution < -0.4 is 10.1 Å². The molecule has 0 aliphatic carbocycles. The highest BCUT2D eigenvalue weighted by Gasteiger charge is 2.14. The van der Waals surface area contributed by atoms with E-state index in [1.165, 1.54) is 5.56 Å². The third-order valence-electron chi connectivity index (χ3n) is 3.58. The normalized spacial score (nSPS) is 10.5. The summed E-state index contributed by atoms with van der Waals surface area (Å²) in [6.07, 6.45) is 1.94. The molecule has 0 aliphatic heterocycles. The molecule has 0 fully saturated rings. The van der Waals surface area contributed by atoms with Crippen LogP contribution in [0.2, 0.25) is 10.0 Å². The van der Waals surface area contributed by atoms with Gasteiger partial charge in [-0.05, 0) is 31.0 Å². The average Bonchev–Trinajstić information content (AvgIpc) is 2.56. The van der Waals surface area contributed by atoms with Crippen LogP contribution in [0.3, 0.4) is 0 Å². The van der Waals surface area contributed by atoms with E-state index in [0.717, 1.165) is 18.4 Å². The Bertz CT molecular complexity index is 676. The van der Waals surface area contributed by atoms with Gasteiger partial charge in [0.05, 0.1) is 16.7 Å². The van der Waals surface area contributed by atoms with Gasteiger partial charge in [-0.3, -0.25) is 4.79 Å². The average molecular weight is 366 g/mol. The Kier molecular flexibility index (Phi) is 6.95. The maximum atomic E-state index is 12.3. The van der Waals surface area contributed by atoms with Gasteiger partial charge in [0.2, 0.25) is 0 Å². The van der Waals surface area contributed by atoms with Crippen LogP contribution in [0.15, 0.2) is 36.4 Å². The molecule has 2 aromatic carbocycles. The highest BCUT2D eigenvalue weighted by atomic mass is 35.5. The molecule has 0 spiro atoms. The minimum atomic E-state index is -0.223. The molecule has 0 heterocycles. The molecular weight excluding hydrogens is 345 g/mol. The van der Waals surface area contributed by atoms with Crippen molar-refractivity contribution in [3.63, 3.8) is 0 Å². The Balaban J connectivity index is 2.02.